The van der Waals surface area contributed by atoms with Gasteiger partial charge in [-0.1, -0.05) is 234 Å². The van der Waals surface area contributed by atoms with Gasteiger partial charge in [-0.25, -0.2) is 0 Å². The SMILES string of the molecule is CCCCCCC1(C)c2cc(-c3ccc(C=C(c4ccccc4)c4ccccc4)cc3)ccc2-c2ccc(-c3ccc(C=C(c4ccccc4)c4ccccc4)cc3)cc21. The topological polar surface area (TPSA) is 0 Å². The van der Waals surface area contributed by atoms with Gasteiger partial charge in [-0.05, 0) is 120 Å². The highest BCUT2D eigenvalue weighted by Gasteiger charge is 2.39. The van der Waals surface area contributed by atoms with E-state index in [9.17, 15) is 0 Å². The maximum atomic E-state index is 2.50. The number of hydrogen-bond acceptors (Lipinski definition) is 0. The van der Waals surface area contributed by atoms with E-state index < -0.39 is 0 Å². The molecule has 60 heavy (non-hydrogen) atoms. The Labute approximate surface area is 357 Å². The van der Waals surface area contributed by atoms with Crippen molar-refractivity contribution in [1.82, 2.24) is 0 Å². The molecular weight excluding hydrogens is 721 g/mol. The summed E-state index contributed by atoms with van der Waals surface area (Å²) in [6, 6.07) is 75.5. The summed E-state index contributed by atoms with van der Waals surface area (Å²) < 4.78 is 0. The summed E-state index contributed by atoms with van der Waals surface area (Å²) in [4.78, 5) is 0. The van der Waals surface area contributed by atoms with E-state index in [0.717, 1.165) is 6.42 Å². The van der Waals surface area contributed by atoms with Crippen molar-refractivity contribution in [3.8, 4) is 33.4 Å². The van der Waals surface area contributed by atoms with Crippen molar-refractivity contribution in [3.63, 3.8) is 0 Å². The van der Waals surface area contributed by atoms with Crippen LogP contribution in [0.3, 0.4) is 0 Å². The lowest BCUT2D eigenvalue weighted by Crippen LogP contribution is -2.20. The molecule has 9 rings (SSSR count). The van der Waals surface area contributed by atoms with Crippen LogP contribution in [-0.4, -0.2) is 0 Å². The average molecular weight is 773 g/mol. The van der Waals surface area contributed by atoms with Crippen LogP contribution in [0.4, 0.5) is 0 Å². The van der Waals surface area contributed by atoms with E-state index in [1.54, 1.807) is 0 Å². The van der Waals surface area contributed by atoms with Gasteiger partial charge in [0.15, 0.2) is 0 Å². The van der Waals surface area contributed by atoms with Gasteiger partial charge in [0.05, 0.1) is 0 Å². The standard InChI is InChI=1S/C60H52/c1-3-4-5-18-39-60(2)58-42-52(46-31-27-44(28-32-46)40-56(48-19-10-6-11-20-48)49-21-12-7-13-22-49)35-37-54(58)55-38-36-53(43-59(55)60)47-33-29-45(30-34-47)41-57(50-23-14-8-15-24-50)51-25-16-9-17-26-51/h6-17,19-38,40-43H,3-5,18,39H2,1-2H3. The Balaban J connectivity index is 1.03. The van der Waals surface area contributed by atoms with Crippen molar-refractivity contribution in [3.05, 3.63) is 251 Å². The van der Waals surface area contributed by atoms with Crippen LogP contribution in [0.1, 0.15) is 90.5 Å². The Kier molecular flexibility index (Phi) is 11.4. The van der Waals surface area contributed by atoms with Crippen molar-refractivity contribution in [2.24, 2.45) is 0 Å². The maximum Gasteiger partial charge on any atom is 0.0187 e. The fourth-order valence-corrected chi connectivity index (χ4v) is 9.16. The molecule has 1 aliphatic rings. The lowest BCUT2D eigenvalue weighted by molar-refractivity contribution is 0.487. The summed E-state index contributed by atoms with van der Waals surface area (Å²) in [5.74, 6) is 0. The highest BCUT2D eigenvalue weighted by molar-refractivity contribution is 5.93. The van der Waals surface area contributed by atoms with Gasteiger partial charge in [-0.15, -0.1) is 0 Å². The summed E-state index contributed by atoms with van der Waals surface area (Å²) in [6.07, 6.45) is 10.8. The van der Waals surface area contributed by atoms with Crippen molar-refractivity contribution in [1.29, 1.82) is 0 Å². The average Bonchev–Trinajstić information content (AvgIpc) is 3.56. The monoisotopic (exact) mass is 772 g/mol. The van der Waals surface area contributed by atoms with Gasteiger partial charge in [0, 0.05) is 5.41 Å². The quantitative estimate of drug-likeness (QED) is 0.0809. The molecule has 8 aromatic carbocycles. The molecule has 0 fully saturated rings. The van der Waals surface area contributed by atoms with E-state index in [1.165, 1.54) is 115 Å². The summed E-state index contributed by atoms with van der Waals surface area (Å²) in [7, 11) is 0. The van der Waals surface area contributed by atoms with Gasteiger partial charge < -0.3 is 0 Å². The van der Waals surface area contributed by atoms with Crippen LogP contribution in [0.15, 0.2) is 206 Å². The number of hydrogen-bond donors (Lipinski definition) is 0. The molecule has 0 amide bonds. The highest BCUT2D eigenvalue weighted by atomic mass is 14.4. The van der Waals surface area contributed by atoms with E-state index in [1.807, 2.05) is 0 Å². The number of unbranched alkanes of at least 4 members (excludes halogenated alkanes) is 3. The molecule has 0 nitrogen and oxygen atoms in total. The Morgan fingerprint density at radius 1 is 0.383 bits per heavy atom. The van der Waals surface area contributed by atoms with E-state index in [4.69, 9.17) is 0 Å². The van der Waals surface area contributed by atoms with Gasteiger partial charge in [-0.2, -0.15) is 0 Å². The summed E-state index contributed by atoms with van der Waals surface area (Å²) in [5.41, 5.74) is 20.4. The third-order valence-corrected chi connectivity index (χ3v) is 12.5. The Hall–Kier alpha value is -6.76. The Morgan fingerprint density at radius 2 is 0.733 bits per heavy atom. The number of benzene rings is 8. The lowest BCUT2D eigenvalue weighted by atomic mass is 9.75. The normalized spacial score (nSPS) is 12.3. The molecule has 0 radical (unpaired) electrons. The maximum absolute atomic E-state index is 2.50. The molecule has 0 spiro atoms. The van der Waals surface area contributed by atoms with Gasteiger partial charge in [0.1, 0.15) is 0 Å². The highest BCUT2D eigenvalue weighted by Crippen LogP contribution is 2.53. The molecule has 8 aromatic rings. The molecule has 0 heteroatoms. The van der Waals surface area contributed by atoms with E-state index in [2.05, 4.69) is 232 Å². The second-order valence-corrected chi connectivity index (χ2v) is 16.5. The van der Waals surface area contributed by atoms with Crippen molar-refractivity contribution >= 4 is 23.3 Å². The zero-order valence-corrected chi connectivity index (χ0v) is 34.8. The fourth-order valence-electron chi connectivity index (χ4n) is 9.16. The van der Waals surface area contributed by atoms with Crippen LogP contribution in [-0.2, 0) is 5.41 Å². The third-order valence-electron chi connectivity index (χ3n) is 12.5. The summed E-state index contributed by atoms with van der Waals surface area (Å²) >= 11 is 0. The Morgan fingerprint density at radius 3 is 1.08 bits per heavy atom. The van der Waals surface area contributed by atoms with Crippen molar-refractivity contribution in [2.45, 2.75) is 51.4 Å². The molecule has 0 aromatic heterocycles. The van der Waals surface area contributed by atoms with Crippen LogP contribution in [0.2, 0.25) is 0 Å². The van der Waals surface area contributed by atoms with Crippen LogP contribution < -0.4 is 0 Å². The first-order valence-corrected chi connectivity index (χ1v) is 21.7. The largest absolute Gasteiger partial charge is 0.0654 e. The molecule has 0 atom stereocenters. The van der Waals surface area contributed by atoms with E-state index in [0.29, 0.717) is 0 Å². The summed E-state index contributed by atoms with van der Waals surface area (Å²) in [6.45, 7) is 4.80. The van der Waals surface area contributed by atoms with Crippen molar-refractivity contribution < 1.29 is 0 Å². The molecule has 0 aliphatic heterocycles. The zero-order valence-electron chi connectivity index (χ0n) is 34.8. The second kappa shape index (κ2) is 17.6. The number of fused-ring (bicyclic) bond motifs is 3. The number of rotatable bonds is 13. The smallest absolute Gasteiger partial charge is 0.0187 e. The molecule has 0 saturated heterocycles. The van der Waals surface area contributed by atoms with Gasteiger partial charge in [0.2, 0.25) is 0 Å². The molecule has 0 heterocycles. The van der Waals surface area contributed by atoms with E-state index >= 15 is 0 Å². The molecule has 0 saturated carbocycles. The van der Waals surface area contributed by atoms with Gasteiger partial charge in [0.25, 0.3) is 0 Å². The molecule has 292 valence electrons. The molecule has 1 aliphatic carbocycles. The molecular formula is C60H52. The predicted molar refractivity (Wildman–Crippen MR) is 258 cm³/mol. The predicted octanol–water partition coefficient (Wildman–Crippen LogP) is 16.5. The van der Waals surface area contributed by atoms with Crippen LogP contribution in [0, 0.1) is 0 Å². The van der Waals surface area contributed by atoms with Crippen LogP contribution in [0.5, 0.6) is 0 Å². The fraction of sp³-hybridized carbons (Fsp3) is 0.133. The zero-order chi connectivity index (χ0) is 40.7. The van der Waals surface area contributed by atoms with Gasteiger partial charge in [-0.3, -0.25) is 0 Å². The lowest BCUT2D eigenvalue weighted by Gasteiger charge is -2.28. The second-order valence-electron chi connectivity index (χ2n) is 16.5. The van der Waals surface area contributed by atoms with Gasteiger partial charge >= 0.3 is 0 Å². The molecule has 0 bridgehead atoms. The van der Waals surface area contributed by atoms with E-state index in [-0.39, 0.29) is 5.41 Å². The Bertz CT molecular complexity index is 2470. The molecule has 0 N–H and O–H groups in total. The summed E-state index contributed by atoms with van der Waals surface area (Å²) in [5, 5.41) is 0. The first-order chi connectivity index (χ1) is 29.6. The minimum Gasteiger partial charge on any atom is -0.0654 e. The first kappa shape index (κ1) is 38.7. The minimum atomic E-state index is -0.0731. The third kappa shape index (κ3) is 8.12. The first-order valence-electron chi connectivity index (χ1n) is 21.7. The minimum absolute atomic E-state index is 0.0731. The van der Waals surface area contributed by atoms with Crippen molar-refractivity contribution in [2.75, 3.05) is 0 Å². The van der Waals surface area contributed by atoms with Crippen LogP contribution in [0.25, 0.3) is 56.7 Å². The van der Waals surface area contributed by atoms with Crippen LogP contribution >= 0.6 is 0 Å². The molecule has 0 unspecified atom stereocenters.